The maximum atomic E-state index is 14.2. The van der Waals surface area contributed by atoms with E-state index in [4.69, 9.17) is 4.74 Å². The smallest absolute Gasteiger partial charge is 0.280 e. The summed E-state index contributed by atoms with van der Waals surface area (Å²) in [4.78, 5) is 30.6. The van der Waals surface area contributed by atoms with Crippen molar-refractivity contribution in [2.24, 2.45) is 0 Å². The van der Waals surface area contributed by atoms with Crippen LogP contribution in [0.5, 0.6) is 0 Å². The molecule has 0 spiro atoms. The number of fused-ring (bicyclic) bond motifs is 2. The Morgan fingerprint density at radius 3 is 2.66 bits per heavy atom. The van der Waals surface area contributed by atoms with Crippen molar-refractivity contribution < 1.29 is 13.9 Å². The van der Waals surface area contributed by atoms with Crippen molar-refractivity contribution in [1.82, 2.24) is 19.9 Å². The highest BCUT2D eigenvalue weighted by molar-refractivity contribution is 7.22. The van der Waals surface area contributed by atoms with Gasteiger partial charge in [-0.25, -0.2) is 14.4 Å². The van der Waals surface area contributed by atoms with Crippen LogP contribution in [0.3, 0.4) is 0 Å². The van der Waals surface area contributed by atoms with E-state index in [0.29, 0.717) is 41.7 Å². The average Bonchev–Trinajstić information content (AvgIpc) is 3.25. The summed E-state index contributed by atoms with van der Waals surface area (Å²) in [7, 11) is 0. The fourth-order valence-electron chi connectivity index (χ4n) is 3.57. The molecular weight excluding hydrogens is 453 g/mol. The van der Waals surface area contributed by atoms with E-state index in [1.165, 1.54) is 23.6 Å². The normalized spacial score (nSPS) is 14.4. The first kappa shape index (κ1) is 22.5. The van der Waals surface area contributed by atoms with Crippen molar-refractivity contribution in [1.29, 1.82) is 0 Å². The fourth-order valence-corrected chi connectivity index (χ4v) is 4.57. The third-order valence-corrected chi connectivity index (χ3v) is 6.29. The van der Waals surface area contributed by atoms with Gasteiger partial charge in [-0.15, -0.1) is 12.4 Å². The van der Waals surface area contributed by atoms with Gasteiger partial charge in [0.05, 0.1) is 35.1 Å². The molecule has 0 atom stereocenters. The Morgan fingerprint density at radius 2 is 1.88 bits per heavy atom. The number of morpholine rings is 1. The quantitative estimate of drug-likeness (QED) is 0.439. The Hall–Kier alpha value is -2.72. The Bertz CT molecular complexity index is 1250. The minimum Gasteiger partial charge on any atom is -0.379 e. The van der Waals surface area contributed by atoms with E-state index >= 15 is 0 Å². The van der Waals surface area contributed by atoms with Crippen LogP contribution in [0.25, 0.3) is 21.3 Å². The minimum absolute atomic E-state index is 0. The van der Waals surface area contributed by atoms with Crippen molar-refractivity contribution in [3.8, 4) is 0 Å². The Balaban J connectivity index is 0.00000245. The number of ether oxygens (including phenoxy) is 1. The molecule has 1 aliphatic rings. The van der Waals surface area contributed by atoms with Gasteiger partial charge in [0.1, 0.15) is 17.0 Å². The van der Waals surface area contributed by atoms with E-state index in [0.717, 1.165) is 18.6 Å². The van der Waals surface area contributed by atoms with E-state index in [-0.39, 0.29) is 29.5 Å². The molecule has 2 aromatic heterocycles. The highest BCUT2D eigenvalue weighted by Gasteiger charge is 2.25. The molecule has 1 aliphatic heterocycles. The van der Waals surface area contributed by atoms with Gasteiger partial charge in [-0.3, -0.25) is 19.6 Å². The molecule has 0 bridgehead atoms. The number of thiazole rings is 1. The van der Waals surface area contributed by atoms with Gasteiger partial charge in [0.2, 0.25) is 0 Å². The number of anilines is 1. The number of nitrogens with zero attached hydrogens (tertiary/aromatic N) is 5. The Morgan fingerprint density at radius 1 is 1.09 bits per heavy atom. The summed E-state index contributed by atoms with van der Waals surface area (Å²) >= 11 is 1.30. The molecule has 32 heavy (non-hydrogen) atoms. The molecule has 0 N–H and O–H groups in total. The molecule has 1 saturated heterocycles. The van der Waals surface area contributed by atoms with Crippen LogP contribution in [0.2, 0.25) is 0 Å². The van der Waals surface area contributed by atoms with E-state index in [1.54, 1.807) is 17.0 Å². The summed E-state index contributed by atoms with van der Waals surface area (Å²) in [5.41, 5.74) is 1.88. The molecule has 7 nitrogen and oxygen atoms in total. The predicted molar refractivity (Wildman–Crippen MR) is 125 cm³/mol. The van der Waals surface area contributed by atoms with Crippen molar-refractivity contribution in [2.75, 3.05) is 44.3 Å². The second kappa shape index (κ2) is 9.83. The van der Waals surface area contributed by atoms with Crippen LogP contribution < -0.4 is 4.90 Å². The van der Waals surface area contributed by atoms with E-state index in [1.807, 2.05) is 24.3 Å². The van der Waals surface area contributed by atoms with Gasteiger partial charge in [0, 0.05) is 26.2 Å². The summed E-state index contributed by atoms with van der Waals surface area (Å²) < 4.78 is 20.3. The Labute approximate surface area is 194 Å². The molecular formula is C22H21ClFN5O2S. The van der Waals surface area contributed by atoms with Gasteiger partial charge in [0.25, 0.3) is 5.91 Å². The first-order chi connectivity index (χ1) is 15.2. The number of halogens is 2. The van der Waals surface area contributed by atoms with E-state index in [2.05, 4.69) is 19.9 Å². The molecule has 10 heteroatoms. The van der Waals surface area contributed by atoms with E-state index < -0.39 is 5.82 Å². The van der Waals surface area contributed by atoms with Crippen LogP contribution in [-0.4, -0.2) is 65.2 Å². The van der Waals surface area contributed by atoms with Gasteiger partial charge in [-0.2, -0.15) is 0 Å². The van der Waals surface area contributed by atoms with Crippen molar-refractivity contribution in [3.63, 3.8) is 0 Å². The van der Waals surface area contributed by atoms with Crippen LogP contribution in [0.15, 0.2) is 48.7 Å². The van der Waals surface area contributed by atoms with Crippen LogP contribution in [-0.2, 0) is 4.74 Å². The van der Waals surface area contributed by atoms with Crippen LogP contribution >= 0.6 is 23.7 Å². The number of para-hydroxylation sites is 3. The number of benzene rings is 2. The molecule has 1 amide bonds. The first-order valence-electron chi connectivity index (χ1n) is 10.1. The van der Waals surface area contributed by atoms with Gasteiger partial charge in [0.15, 0.2) is 5.13 Å². The van der Waals surface area contributed by atoms with Crippen LogP contribution in [0, 0.1) is 5.82 Å². The minimum atomic E-state index is -0.397. The van der Waals surface area contributed by atoms with Gasteiger partial charge >= 0.3 is 0 Å². The zero-order valence-electron chi connectivity index (χ0n) is 17.1. The second-order valence-electron chi connectivity index (χ2n) is 7.24. The SMILES string of the molecule is Cl.O=C(c1cnc2ccccc2n1)N(CCN1CCOCC1)c1nc2c(F)cccc2s1. The number of amides is 1. The zero-order valence-corrected chi connectivity index (χ0v) is 18.7. The zero-order chi connectivity index (χ0) is 21.2. The maximum absolute atomic E-state index is 14.2. The van der Waals surface area contributed by atoms with E-state index in [9.17, 15) is 9.18 Å². The molecule has 166 valence electrons. The van der Waals surface area contributed by atoms with Crippen molar-refractivity contribution in [2.45, 2.75) is 0 Å². The molecule has 2 aromatic carbocycles. The number of hydrogen-bond donors (Lipinski definition) is 0. The largest absolute Gasteiger partial charge is 0.379 e. The standard InChI is InChI=1S/C22H20FN5O2S.ClH/c23-15-4-3-7-19-20(15)26-22(31-19)28(9-8-27-10-12-30-13-11-27)21(29)18-14-24-16-5-1-2-6-17(16)25-18;/h1-7,14H,8-13H2;1H. The Kier molecular flexibility index (Phi) is 6.90. The molecule has 0 radical (unpaired) electrons. The lowest BCUT2D eigenvalue weighted by atomic mass is 10.3. The average molecular weight is 474 g/mol. The van der Waals surface area contributed by atoms with Gasteiger partial charge in [-0.1, -0.05) is 29.5 Å². The highest BCUT2D eigenvalue weighted by Crippen LogP contribution is 2.31. The van der Waals surface area contributed by atoms with Crippen molar-refractivity contribution in [3.05, 3.63) is 60.2 Å². The summed E-state index contributed by atoms with van der Waals surface area (Å²) in [5, 5.41) is 0.452. The van der Waals surface area contributed by atoms with Crippen LogP contribution in [0.4, 0.5) is 9.52 Å². The second-order valence-corrected chi connectivity index (χ2v) is 8.25. The molecule has 0 unspecified atom stereocenters. The van der Waals surface area contributed by atoms with Crippen molar-refractivity contribution >= 4 is 56.0 Å². The number of carbonyl (C=O) groups excluding carboxylic acids is 1. The number of aromatic nitrogens is 3. The topological polar surface area (TPSA) is 71.5 Å². The number of rotatable bonds is 5. The monoisotopic (exact) mass is 473 g/mol. The molecule has 0 saturated carbocycles. The molecule has 5 rings (SSSR count). The lowest BCUT2D eigenvalue weighted by molar-refractivity contribution is 0.0391. The lowest BCUT2D eigenvalue weighted by Gasteiger charge is -2.29. The summed E-state index contributed by atoms with van der Waals surface area (Å²) in [6.07, 6.45) is 1.49. The fraction of sp³-hybridized carbons (Fsp3) is 0.273. The summed E-state index contributed by atoms with van der Waals surface area (Å²) in [5.74, 6) is -0.697. The molecule has 4 aromatic rings. The van der Waals surface area contributed by atoms with Crippen LogP contribution in [0.1, 0.15) is 10.5 Å². The van der Waals surface area contributed by atoms with Gasteiger partial charge < -0.3 is 4.74 Å². The first-order valence-corrected chi connectivity index (χ1v) is 10.9. The maximum Gasteiger partial charge on any atom is 0.280 e. The van der Waals surface area contributed by atoms with Gasteiger partial charge in [-0.05, 0) is 24.3 Å². The third-order valence-electron chi connectivity index (χ3n) is 5.25. The molecule has 1 fully saturated rings. The molecule has 0 aliphatic carbocycles. The summed E-state index contributed by atoms with van der Waals surface area (Å²) in [6.45, 7) is 4.05. The molecule has 3 heterocycles. The summed E-state index contributed by atoms with van der Waals surface area (Å²) in [6, 6.07) is 12.2. The lowest BCUT2D eigenvalue weighted by Crippen LogP contribution is -2.43. The highest BCUT2D eigenvalue weighted by atomic mass is 35.5. The predicted octanol–water partition coefficient (Wildman–Crippen LogP) is 3.78. The number of carbonyl (C=O) groups is 1. The number of hydrogen-bond acceptors (Lipinski definition) is 7. The third kappa shape index (κ3) is 4.56.